The number of rotatable bonds is 3. The normalized spacial score (nSPS) is 13.3. The van der Waals surface area contributed by atoms with Crippen LogP contribution in [0.4, 0.5) is 0 Å². The van der Waals surface area contributed by atoms with Crippen molar-refractivity contribution in [1.82, 2.24) is 4.57 Å². The summed E-state index contributed by atoms with van der Waals surface area (Å²) in [5.74, 6) is 0. The zero-order valence-corrected chi connectivity index (χ0v) is 21.5. The molecule has 0 bridgehead atoms. The molecule has 2 heterocycles. The minimum atomic E-state index is 0.0727. The Labute approximate surface area is 210 Å². The van der Waals surface area contributed by atoms with Crippen molar-refractivity contribution < 1.29 is 0 Å². The number of benzene rings is 4. The summed E-state index contributed by atoms with van der Waals surface area (Å²) in [6, 6.07) is 24.8. The first kappa shape index (κ1) is 21.9. The smallest absolute Gasteiger partial charge is 0.0726 e. The number of fused-ring (bicyclic) bond motifs is 10. The minimum Gasteiger partial charge on any atom is -0.308 e. The highest BCUT2D eigenvalue weighted by molar-refractivity contribution is 7.27. The Balaban J connectivity index is 1.98. The van der Waals surface area contributed by atoms with Gasteiger partial charge in [0.15, 0.2) is 0 Å². The molecule has 0 N–H and O–H groups in total. The minimum absolute atomic E-state index is 0.0727. The summed E-state index contributed by atoms with van der Waals surface area (Å²) in [4.78, 5) is 0. The van der Waals surface area contributed by atoms with Gasteiger partial charge in [0.2, 0.25) is 0 Å². The predicted molar refractivity (Wildman–Crippen MR) is 158 cm³/mol. The highest BCUT2D eigenvalue weighted by Gasteiger charge is 2.23. The van der Waals surface area contributed by atoms with Gasteiger partial charge in [0.05, 0.1) is 15.7 Å². The lowest BCUT2D eigenvalue weighted by Gasteiger charge is -2.19. The van der Waals surface area contributed by atoms with Gasteiger partial charge >= 0.3 is 0 Å². The van der Waals surface area contributed by atoms with Crippen LogP contribution in [0.25, 0.3) is 58.4 Å². The van der Waals surface area contributed by atoms with Crippen molar-refractivity contribution in [3.8, 4) is 0 Å². The molecule has 0 amide bonds. The molecule has 0 atom stereocenters. The van der Waals surface area contributed by atoms with E-state index in [1.807, 2.05) is 17.4 Å². The fraction of sp³-hybridized carbons (Fsp3) is 0.152. The summed E-state index contributed by atoms with van der Waals surface area (Å²) < 4.78 is 5.11. The number of hydrogen-bond acceptors (Lipinski definition) is 1. The van der Waals surface area contributed by atoms with Gasteiger partial charge in [0.1, 0.15) is 0 Å². The van der Waals surface area contributed by atoms with Crippen LogP contribution in [-0.4, -0.2) is 4.57 Å². The molecule has 6 aromatic rings. The molecule has 0 spiro atoms. The van der Waals surface area contributed by atoms with Crippen LogP contribution < -0.4 is 0 Å². The summed E-state index contributed by atoms with van der Waals surface area (Å²) >= 11 is 1.90. The average molecular weight is 472 g/mol. The Morgan fingerprint density at radius 1 is 0.857 bits per heavy atom. The lowest BCUT2D eigenvalue weighted by atomic mass is 9.86. The summed E-state index contributed by atoms with van der Waals surface area (Å²) in [5.41, 5.74) is 5.06. The Kier molecular flexibility index (Phi) is 4.98. The molecular formula is C33H29NS. The number of hydrogen-bond donors (Lipinski definition) is 0. The van der Waals surface area contributed by atoms with E-state index >= 15 is 0 Å². The van der Waals surface area contributed by atoms with Gasteiger partial charge in [0.25, 0.3) is 0 Å². The summed E-state index contributed by atoms with van der Waals surface area (Å²) in [7, 11) is 0. The molecular weight excluding hydrogens is 442 g/mol. The van der Waals surface area contributed by atoms with Crippen LogP contribution in [0.1, 0.15) is 33.3 Å². The first-order valence-electron chi connectivity index (χ1n) is 12.2. The number of aromatic nitrogens is 1. The van der Waals surface area contributed by atoms with E-state index in [0.29, 0.717) is 0 Å². The van der Waals surface area contributed by atoms with E-state index in [4.69, 9.17) is 0 Å². The third-order valence-corrected chi connectivity index (χ3v) is 8.17. The maximum absolute atomic E-state index is 4.03. The molecule has 35 heavy (non-hydrogen) atoms. The van der Waals surface area contributed by atoms with Gasteiger partial charge in [-0.05, 0) is 59.0 Å². The van der Waals surface area contributed by atoms with Gasteiger partial charge in [-0.15, -0.1) is 11.3 Å². The van der Waals surface area contributed by atoms with E-state index in [2.05, 4.69) is 124 Å². The third-order valence-electron chi connectivity index (χ3n) is 6.99. The van der Waals surface area contributed by atoms with E-state index in [0.717, 1.165) is 5.70 Å². The standard InChI is InChI=1S/C33H29NS/c1-6-12-22(13-7-2)34-27-19-18-21(33(3,4)5)20-26(27)29-23-14-8-9-15-24(23)30-25-16-10-11-17-28(25)35-32(30)31(29)34/h6-20H,1H2,2-5H3/b13-7-,22-12+. The fourth-order valence-electron chi connectivity index (χ4n) is 5.41. The average Bonchev–Trinajstić information content (AvgIpc) is 3.40. The topological polar surface area (TPSA) is 4.93 Å². The second-order valence-corrected chi connectivity index (χ2v) is 11.3. The van der Waals surface area contributed by atoms with E-state index in [-0.39, 0.29) is 5.41 Å². The quantitative estimate of drug-likeness (QED) is 0.226. The van der Waals surface area contributed by atoms with Crippen LogP contribution in [0.3, 0.4) is 0 Å². The van der Waals surface area contributed by atoms with Gasteiger partial charge < -0.3 is 4.57 Å². The van der Waals surface area contributed by atoms with E-state index in [9.17, 15) is 0 Å². The molecule has 2 aromatic heterocycles. The van der Waals surface area contributed by atoms with Gasteiger partial charge in [-0.25, -0.2) is 0 Å². The van der Waals surface area contributed by atoms with Crippen LogP contribution in [-0.2, 0) is 5.41 Å². The van der Waals surface area contributed by atoms with Crippen molar-refractivity contribution in [3.63, 3.8) is 0 Å². The Hall–Kier alpha value is -3.62. The second-order valence-electron chi connectivity index (χ2n) is 10.2. The molecule has 0 fully saturated rings. The second kappa shape index (κ2) is 7.96. The third kappa shape index (κ3) is 3.20. The van der Waals surface area contributed by atoms with Crippen molar-refractivity contribution in [2.75, 3.05) is 0 Å². The maximum Gasteiger partial charge on any atom is 0.0726 e. The molecule has 6 rings (SSSR count). The Bertz CT molecular complexity index is 1850. The number of allylic oxidation sites excluding steroid dienone is 5. The largest absolute Gasteiger partial charge is 0.308 e. The van der Waals surface area contributed by atoms with Crippen molar-refractivity contribution in [2.45, 2.75) is 33.1 Å². The van der Waals surface area contributed by atoms with Crippen LogP contribution in [0.5, 0.6) is 0 Å². The Morgan fingerprint density at radius 3 is 2.23 bits per heavy atom. The van der Waals surface area contributed by atoms with Crippen LogP contribution in [0.2, 0.25) is 0 Å². The predicted octanol–water partition coefficient (Wildman–Crippen LogP) is 10.2. The highest BCUT2D eigenvalue weighted by Crippen LogP contribution is 2.48. The number of thiophene rings is 1. The number of nitrogens with zero attached hydrogens (tertiary/aromatic N) is 1. The molecule has 0 aliphatic heterocycles. The van der Waals surface area contributed by atoms with Crippen LogP contribution in [0, 0.1) is 0 Å². The maximum atomic E-state index is 4.03. The first-order valence-corrected chi connectivity index (χ1v) is 13.0. The zero-order chi connectivity index (χ0) is 24.3. The first-order chi connectivity index (χ1) is 16.9. The van der Waals surface area contributed by atoms with E-state index < -0.39 is 0 Å². The van der Waals surface area contributed by atoms with Gasteiger partial charge in [-0.1, -0.05) is 88.0 Å². The molecule has 0 saturated heterocycles. The molecule has 0 aliphatic rings. The van der Waals surface area contributed by atoms with Crippen molar-refractivity contribution in [1.29, 1.82) is 0 Å². The monoisotopic (exact) mass is 471 g/mol. The highest BCUT2D eigenvalue weighted by atomic mass is 32.1. The lowest BCUT2D eigenvalue weighted by molar-refractivity contribution is 0.591. The zero-order valence-electron chi connectivity index (χ0n) is 20.7. The summed E-state index contributed by atoms with van der Waals surface area (Å²) in [6.45, 7) is 13.0. The summed E-state index contributed by atoms with van der Waals surface area (Å²) in [6.07, 6.45) is 8.30. The van der Waals surface area contributed by atoms with Gasteiger partial charge in [-0.3, -0.25) is 0 Å². The Morgan fingerprint density at radius 2 is 1.54 bits per heavy atom. The molecule has 0 radical (unpaired) electrons. The summed E-state index contributed by atoms with van der Waals surface area (Å²) in [5, 5.41) is 7.97. The molecule has 1 nitrogen and oxygen atoms in total. The lowest BCUT2D eigenvalue weighted by Crippen LogP contribution is -2.10. The van der Waals surface area contributed by atoms with Crippen molar-refractivity contribution >= 4 is 69.8 Å². The van der Waals surface area contributed by atoms with Gasteiger partial charge in [0, 0.05) is 31.9 Å². The fourth-order valence-corrected chi connectivity index (χ4v) is 6.67. The molecule has 0 saturated carbocycles. The van der Waals surface area contributed by atoms with Crippen molar-refractivity contribution in [3.05, 3.63) is 103 Å². The molecule has 4 aromatic carbocycles. The van der Waals surface area contributed by atoms with Crippen molar-refractivity contribution in [2.24, 2.45) is 0 Å². The molecule has 0 unspecified atom stereocenters. The van der Waals surface area contributed by atoms with Crippen LogP contribution in [0.15, 0.2) is 97.6 Å². The van der Waals surface area contributed by atoms with E-state index in [1.165, 1.54) is 58.3 Å². The van der Waals surface area contributed by atoms with Crippen LogP contribution >= 0.6 is 11.3 Å². The molecule has 2 heteroatoms. The molecule has 172 valence electrons. The molecule has 0 aliphatic carbocycles. The SMILES string of the molecule is C=C/C=C(\C=C/C)n1c2ccc(C(C)(C)C)cc2c2c3ccccc3c3c4ccccc4sc3c21. The van der Waals surface area contributed by atoms with E-state index in [1.54, 1.807) is 0 Å². The van der Waals surface area contributed by atoms with Gasteiger partial charge in [-0.2, -0.15) is 0 Å².